The van der Waals surface area contributed by atoms with Crippen LogP contribution in [-0.2, 0) is 6.42 Å². The van der Waals surface area contributed by atoms with Gasteiger partial charge in [0, 0.05) is 0 Å². The van der Waals surface area contributed by atoms with Crippen molar-refractivity contribution in [2.45, 2.75) is 176 Å². The highest BCUT2D eigenvalue weighted by Gasteiger charge is 1.94. The molecule has 0 aliphatic heterocycles. The summed E-state index contributed by atoms with van der Waals surface area (Å²) >= 11 is 0. The van der Waals surface area contributed by atoms with Crippen LogP contribution < -0.4 is 0 Å². The smallest absolute Gasteiger partial charge is 0.0276 e. The highest BCUT2D eigenvalue weighted by atomic mass is 14.0. The molecule has 0 unspecified atom stereocenters. The van der Waals surface area contributed by atoms with Crippen LogP contribution in [0.5, 0.6) is 0 Å². The van der Waals surface area contributed by atoms with Gasteiger partial charge in [-0.2, -0.15) is 0 Å². The molecule has 0 heterocycles. The van der Waals surface area contributed by atoms with Crippen LogP contribution in [0.3, 0.4) is 0 Å². The normalized spacial score (nSPS) is 10.2. The minimum absolute atomic E-state index is 1.12. The van der Waals surface area contributed by atoms with Crippen molar-refractivity contribution in [1.82, 2.24) is 0 Å². The molecule has 0 radical (unpaired) electrons. The van der Waals surface area contributed by atoms with Gasteiger partial charge in [-0.3, -0.25) is 0 Å². The molecule has 1 rings (SSSR count). The van der Waals surface area contributed by atoms with Gasteiger partial charge in [-0.15, -0.1) is 0 Å². The first-order valence-corrected chi connectivity index (χ1v) is 15.9. The lowest BCUT2D eigenvalue weighted by Crippen LogP contribution is -1.86. The van der Waals surface area contributed by atoms with Gasteiger partial charge in [0.05, 0.1) is 0 Å². The Hall–Kier alpha value is -1.04. The van der Waals surface area contributed by atoms with Crippen LogP contribution in [0.15, 0.2) is 42.5 Å². The van der Waals surface area contributed by atoms with Gasteiger partial charge >= 0.3 is 0 Å². The van der Waals surface area contributed by atoms with Crippen LogP contribution in [-0.4, -0.2) is 0 Å². The first-order chi connectivity index (χ1) is 17.2. The van der Waals surface area contributed by atoms with Crippen LogP contribution in [0.1, 0.15) is 175 Å². The fourth-order valence-corrected chi connectivity index (χ4v) is 4.13. The molecule has 0 fully saturated rings. The Morgan fingerprint density at radius 2 is 0.829 bits per heavy atom. The minimum atomic E-state index is 1.12. The van der Waals surface area contributed by atoms with Crippen LogP contribution in [0.25, 0.3) is 0 Å². The van der Waals surface area contributed by atoms with E-state index in [2.05, 4.69) is 71.5 Å². The van der Waals surface area contributed by atoms with Crippen LogP contribution in [0, 0.1) is 0 Å². The summed E-state index contributed by atoms with van der Waals surface area (Å²) in [5, 5.41) is 0. The van der Waals surface area contributed by atoms with Crippen molar-refractivity contribution in [3.8, 4) is 0 Å². The van der Waals surface area contributed by atoms with Crippen molar-refractivity contribution in [2.24, 2.45) is 0 Å². The lowest BCUT2D eigenvalue weighted by molar-refractivity contribution is 0.572. The predicted octanol–water partition coefficient (Wildman–Crippen LogP) is 13.0. The standard InChI is InChI=1S/C13H18.2C11H24/c1-3-12(2)8-7-11-13-9-5-4-6-10-13;2*1-3-5-7-9-11-10-8-6-4-2/h4-6,9-10H,2-3,7-8,11H2,1H3;2*3-11H2,1-2H3. The number of rotatable bonds is 21. The summed E-state index contributed by atoms with van der Waals surface area (Å²) in [7, 11) is 0. The van der Waals surface area contributed by atoms with E-state index in [1.807, 2.05) is 0 Å². The molecule has 0 nitrogen and oxygen atoms in total. The predicted molar refractivity (Wildman–Crippen MR) is 165 cm³/mol. The maximum Gasteiger partial charge on any atom is -0.0276 e. The van der Waals surface area contributed by atoms with Gasteiger partial charge in [0.1, 0.15) is 0 Å². The molecular weight excluding hydrogens is 420 g/mol. The summed E-state index contributed by atoms with van der Waals surface area (Å²) in [6, 6.07) is 10.6. The molecule has 0 saturated carbocycles. The van der Waals surface area contributed by atoms with Crippen LogP contribution in [0.4, 0.5) is 0 Å². The third-order valence-electron chi connectivity index (χ3n) is 6.75. The molecule has 0 aromatic heterocycles. The lowest BCUT2D eigenvalue weighted by atomic mass is 10.0. The van der Waals surface area contributed by atoms with Crippen molar-refractivity contribution in [3.63, 3.8) is 0 Å². The second-order valence-corrected chi connectivity index (χ2v) is 10.4. The largest absolute Gasteiger partial charge is 0.0999 e. The van der Waals surface area contributed by atoms with Gasteiger partial charge in [0.25, 0.3) is 0 Å². The van der Waals surface area contributed by atoms with Crippen molar-refractivity contribution in [3.05, 3.63) is 48.0 Å². The van der Waals surface area contributed by atoms with Crippen molar-refractivity contribution in [1.29, 1.82) is 0 Å². The fourth-order valence-electron chi connectivity index (χ4n) is 4.13. The van der Waals surface area contributed by atoms with E-state index in [1.165, 1.54) is 146 Å². The third kappa shape index (κ3) is 33.0. The Balaban J connectivity index is 0. The molecule has 0 saturated heterocycles. The summed E-state index contributed by atoms with van der Waals surface area (Å²) in [5.74, 6) is 0. The van der Waals surface area contributed by atoms with E-state index >= 15 is 0 Å². The van der Waals surface area contributed by atoms with Crippen molar-refractivity contribution < 1.29 is 0 Å². The number of benzene rings is 1. The highest BCUT2D eigenvalue weighted by Crippen LogP contribution is 2.11. The second kappa shape index (κ2) is 33.0. The van der Waals surface area contributed by atoms with E-state index in [4.69, 9.17) is 0 Å². The molecule has 0 atom stereocenters. The first-order valence-electron chi connectivity index (χ1n) is 15.9. The molecule has 0 N–H and O–H groups in total. The summed E-state index contributed by atoms with van der Waals surface area (Å²) in [6.07, 6.45) is 30.6. The molecule has 0 aliphatic rings. The van der Waals surface area contributed by atoms with E-state index in [-0.39, 0.29) is 0 Å². The van der Waals surface area contributed by atoms with Gasteiger partial charge in [0.2, 0.25) is 0 Å². The number of aryl methyl sites for hydroxylation is 1. The first kappa shape index (κ1) is 36.1. The Morgan fingerprint density at radius 3 is 1.14 bits per heavy atom. The Kier molecular flexibility index (Phi) is 34.0. The van der Waals surface area contributed by atoms with E-state index in [0.717, 1.165) is 6.42 Å². The van der Waals surface area contributed by atoms with Gasteiger partial charge < -0.3 is 0 Å². The fraction of sp³-hybridized carbons (Fsp3) is 0.771. The molecule has 35 heavy (non-hydrogen) atoms. The summed E-state index contributed by atoms with van der Waals surface area (Å²) in [6.45, 7) is 15.3. The summed E-state index contributed by atoms with van der Waals surface area (Å²) < 4.78 is 0. The Labute approximate surface area is 223 Å². The molecule has 206 valence electrons. The van der Waals surface area contributed by atoms with E-state index < -0.39 is 0 Å². The molecule has 0 heteroatoms. The Morgan fingerprint density at radius 1 is 0.486 bits per heavy atom. The molecule has 0 bridgehead atoms. The van der Waals surface area contributed by atoms with Crippen LogP contribution in [0.2, 0.25) is 0 Å². The SMILES string of the molecule is C=C(CC)CCCc1ccccc1.CCCCCCCCCCC.CCCCCCCCCCC. The average Bonchev–Trinajstić information content (AvgIpc) is 2.89. The molecule has 1 aromatic rings. The average molecular weight is 487 g/mol. The summed E-state index contributed by atoms with van der Waals surface area (Å²) in [5.41, 5.74) is 2.81. The molecule has 0 amide bonds. The number of unbranched alkanes of at least 4 members (excludes halogenated alkanes) is 16. The zero-order valence-electron chi connectivity index (χ0n) is 25.2. The van der Waals surface area contributed by atoms with E-state index in [9.17, 15) is 0 Å². The lowest BCUT2D eigenvalue weighted by Gasteiger charge is -2.02. The highest BCUT2D eigenvalue weighted by molar-refractivity contribution is 5.14. The van der Waals surface area contributed by atoms with Gasteiger partial charge in [0.15, 0.2) is 0 Å². The number of hydrogen-bond acceptors (Lipinski definition) is 0. The molecule has 1 aromatic carbocycles. The van der Waals surface area contributed by atoms with Crippen molar-refractivity contribution >= 4 is 0 Å². The topological polar surface area (TPSA) is 0 Å². The minimum Gasteiger partial charge on any atom is -0.0999 e. The quantitative estimate of drug-likeness (QED) is 0.120. The van der Waals surface area contributed by atoms with E-state index in [1.54, 1.807) is 0 Å². The zero-order chi connectivity index (χ0) is 26.2. The monoisotopic (exact) mass is 487 g/mol. The van der Waals surface area contributed by atoms with E-state index in [0.29, 0.717) is 0 Å². The maximum atomic E-state index is 4.00. The number of allylic oxidation sites excluding steroid dienone is 1. The zero-order valence-corrected chi connectivity index (χ0v) is 25.2. The van der Waals surface area contributed by atoms with Crippen LogP contribution >= 0.6 is 0 Å². The third-order valence-corrected chi connectivity index (χ3v) is 6.75. The van der Waals surface area contributed by atoms with Gasteiger partial charge in [-0.25, -0.2) is 0 Å². The van der Waals surface area contributed by atoms with Gasteiger partial charge in [-0.1, -0.05) is 193 Å². The maximum absolute atomic E-state index is 4.00. The number of hydrogen-bond donors (Lipinski definition) is 0. The summed E-state index contributed by atoms with van der Waals surface area (Å²) in [4.78, 5) is 0. The molecule has 0 aliphatic carbocycles. The second-order valence-electron chi connectivity index (χ2n) is 10.4. The molecule has 0 spiro atoms. The Bertz CT molecular complexity index is 452. The molecular formula is C35H66. The van der Waals surface area contributed by atoms with Gasteiger partial charge in [-0.05, 0) is 31.2 Å². The van der Waals surface area contributed by atoms with Crippen molar-refractivity contribution in [2.75, 3.05) is 0 Å².